The molecular formula is C15H23N5O2. The minimum atomic E-state index is -0.419. The van der Waals surface area contributed by atoms with Crippen LogP contribution in [0.1, 0.15) is 12.8 Å². The number of hydrogen-bond acceptors (Lipinski definition) is 6. The quantitative estimate of drug-likeness (QED) is 0.487. The molecule has 7 heteroatoms. The maximum Gasteiger partial charge on any atom is 0.253 e. The van der Waals surface area contributed by atoms with Crippen molar-refractivity contribution in [3.05, 3.63) is 39.2 Å². The van der Waals surface area contributed by atoms with Gasteiger partial charge < -0.3 is 20.1 Å². The molecule has 0 spiro atoms. The van der Waals surface area contributed by atoms with Gasteiger partial charge in [-0.2, -0.15) is 0 Å². The third-order valence-corrected chi connectivity index (χ3v) is 3.45. The molecule has 0 fully saturated rings. The van der Waals surface area contributed by atoms with Crippen LogP contribution in [-0.4, -0.2) is 48.2 Å². The van der Waals surface area contributed by atoms with Crippen molar-refractivity contribution >= 4 is 11.4 Å². The van der Waals surface area contributed by atoms with Gasteiger partial charge in [-0.1, -0.05) is 0 Å². The molecule has 0 radical (unpaired) electrons. The molecule has 0 atom stereocenters. The fourth-order valence-electron chi connectivity index (χ4n) is 2.23. The predicted molar refractivity (Wildman–Crippen MR) is 88.3 cm³/mol. The molecule has 7 nitrogen and oxygen atoms in total. The van der Waals surface area contributed by atoms with E-state index >= 15 is 0 Å². The first-order valence-corrected chi connectivity index (χ1v) is 7.51. The van der Waals surface area contributed by atoms with Gasteiger partial charge in [0.05, 0.1) is 6.33 Å². The molecule has 0 bridgehead atoms. The fourth-order valence-corrected chi connectivity index (χ4v) is 2.23. The summed E-state index contributed by atoms with van der Waals surface area (Å²) in [6.45, 7) is 3.10. The van der Waals surface area contributed by atoms with Crippen LogP contribution in [0, 0.1) is 0 Å². The van der Waals surface area contributed by atoms with Gasteiger partial charge in [-0.25, -0.2) is 4.98 Å². The summed E-state index contributed by atoms with van der Waals surface area (Å²) in [6, 6.07) is 0. The van der Waals surface area contributed by atoms with E-state index in [4.69, 9.17) is 0 Å². The van der Waals surface area contributed by atoms with Gasteiger partial charge in [-0.05, 0) is 33.5 Å². The highest BCUT2D eigenvalue weighted by atomic mass is 16.2. The molecule has 0 aliphatic rings. The molecule has 2 rings (SSSR count). The Hall–Kier alpha value is -2.15. The van der Waals surface area contributed by atoms with Crippen LogP contribution in [-0.2, 0) is 6.54 Å². The number of anilines is 2. The van der Waals surface area contributed by atoms with E-state index in [1.54, 1.807) is 12.5 Å². The van der Waals surface area contributed by atoms with Crippen LogP contribution >= 0.6 is 0 Å². The van der Waals surface area contributed by atoms with Crippen LogP contribution in [0.15, 0.2) is 28.3 Å². The second-order valence-electron chi connectivity index (χ2n) is 5.57. The number of rotatable bonds is 10. The molecule has 0 amide bonds. The second kappa shape index (κ2) is 7.74. The van der Waals surface area contributed by atoms with E-state index in [2.05, 4.69) is 20.5 Å². The number of nitrogens with one attached hydrogen (secondary N) is 2. The van der Waals surface area contributed by atoms with Gasteiger partial charge in [0.25, 0.3) is 10.9 Å². The Labute approximate surface area is 129 Å². The topological polar surface area (TPSA) is 79.3 Å². The highest BCUT2D eigenvalue weighted by Gasteiger charge is 2.19. The summed E-state index contributed by atoms with van der Waals surface area (Å²) in [6.07, 6.45) is 7.17. The highest BCUT2D eigenvalue weighted by molar-refractivity contribution is 5.73. The van der Waals surface area contributed by atoms with Crippen LogP contribution in [0.2, 0.25) is 0 Å². The molecule has 1 aromatic carbocycles. The summed E-state index contributed by atoms with van der Waals surface area (Å²) in [5.41, 5.74) is 0.0339. The third kappa shape index (κ3) is 4.17. The van der Waals surface area contributed by atoms with Crippen LogP contribution in [0.5, 0.6) is 0 Å². The maximum absolute atomic E-state index is 11.6. The zero-order valence-electron chi connectivity index (χ0n) is 13.1. The summed E-state index contributed by atoms with van der Waals surface area (Å²) >= 11 is 0. The predicted octanol–water partition coefficient (Wildman–Crippen LogP) is 0.345. The van der Waals surface area contributed by atoms with Crippen molar-refractivity contribution in [3.8, 4) is 0 Å². The van der Waals surface area contributed by atoms with Crippen molar-refractivity contribution in [2.24, 2.45) is 0 Å². The Balaban J connectivity index is 1.75. The molecule has 0 saturated heterocycles. The summed E-state index contributed by atoms with van der Waals surface area (Å²) in [7, 11) is 4.01. The number of nitrogens with zero attached hydrogens (tertiary/aromatic N) is 3. The zero-order valence-corrected chi connectivity index (χ0v) is 13.1. The molecule has 1 aromatic heterocycles. The van der Waals surface area contributed by atoms with Crippen LogP contribution in [0.3, 0.4) is 0 Å². The molecule has 0 aliphatic carbocycles. The number of imidazole rings is 1. The van der Waals surface area contributed by atoms with Gasteiger partial charge in [0.2, 0.25) is 0 Å². The zero-order chi connectivity index (χ0) is 15.9. The van der Waals surface area contributed by atoms with Crippen molar-refractivity contribution in [2.45, 2.75) is 19.4 Å². The van der Waals surface area contributed by atoms with Gasteiger partial charge >= 0.3 is 0 Å². The van der Waals surface area contributed by atoms with Gasteiger partial charge in [0.15, 0.2) is 0 Å². The van der Waals surface area contributed by atoms with Crippen molar-refractivity contribution in [3.63, 3.8) is 0 Å². The monoisotopic (exact) mass is 305 g/mol. The first-order valence-electron chi connectivity index (χ1n) is 7.51. The molecule has 0 aliphatic heterocycles. The minimum Gasteiger partial charge on any atom is -0.380 e. The first-order chi connectivity index (χ1) is 10.6. The van der Waals surface area contributed by atoms with Gasteiger partial charge in [0, 0.05) is 32.0 Å². The highest BCUT2D eigenvalue weighted by Crippen LogP contribution is 2.14. The first kappa shape index (κ1) is 16.2. The average molecular weight is 305 g/mol. The minimum absolute atomic E-state index is 0.415. The van der Waals surface area contributed by atoms with Gasteiger partial charge in [0.1, 0.15) is 11.4 Å². The fraction of sp³-hybridized carbons (Fsp3) is 0.533. The summed E-state index contributed by atoms with van der Waals surface area (Å²) in [4.78, 5) is 29.2. The van der Waals surface area contributed by atoms with Crippen molar-refractivity contribution in [2.75, 3.05) is 44.4 Å². The normalized spacial score (nSPS) is 11.2. The van der Waals surface area contributed by atoms with E-state index in [0.717, 1.165) is 25.9 Å². The SMILES string of the molecule is CN(C)CCCNc1c(NCCCn2ccnc2)c(=O)c1=O. The third-order valence-electron chi connectivity index (χ3n) is 3.45. The Morgan fingerprint density at radius 2 is 1.73 bits per heavy atom. The number of hydrogen-bond donors (Lipinski definition) is 2. The maximum atomic E-state index is 11.6. The lowest BCUT2D eigenvalue weighted by molar-refractivity contribution is 0.405. The molecule has 2 N–H and O–H groups in total. The van der Waals surface area contributed by atoms with Crippen LogP contribution in [0.4, 0.5) is 11.4 Å². The lowest BCUT2D eigenvalue weighted by atomic mass is 10.2. The Kier molecular flexibility index (Phi) is 5.71. The Bertz CT molecular complexity index is 641. The largest absolute Gasteiger partial charge is 0.380 e. The van der Waals surface area contributed by atoms with E-state index in [1.165, 1.54) is 0 Å². The van der Waals surface area contributed by atoms with Crippen molar-refractivity contribution in [1.82, 2.24) is 14.5 Å². The Morgan fingerprint density at radius 1 is 1.09 bits per heavy atom. The van der Waals surface area contributed by atoms with E-state index in [9.17, 15) is 9.59 Å². The molecule has 0 saturated carbocycles. The van der Waals surface area contributed by atoms with Crippen molar-refractivity contribution < 1.29 is 0 Å². The summed E-state index contributed by atoms with van der Waals surface area (Å²) < 4.78 is 1.98. The summed E-state index contributed by atoms with van der Waals surface area (Å²) in [5, 5.41) is 6.13. The van der Waals surface area contributed by atoms with E-state index < -0.39 is 10.9 Å². The molecule has 1 heterocycles. The summed E-state index contributed by atoms with van der Waals surface area (Å²) in [5.74, 6) is 0. The molecule has 120 valence electrons. The number of aromatic nitrogens is 2. The Morgan fingerprint density at radius 3 is 2.27 bits per heavy atom. The lowest BCUT2D eigenvalue weighted by Crippen LogP contribution is -2.38. The molecular weight excluding hydrogens is 282 g/mol. The van der Waals surface area contributed by atoms with Crippen molar-refractivity contribution in [1.29, 1.82) is 0 Å². The number of aryl methyl sites for hydroxylation is 1. The van der Waals surface area contributed by atoms with Crippen LogP contribution in [0.25, 0.3) is 0 Å². The second-order valence-corrected chi connectivity index (χ2v) is 5.57. The molecule has 2 aromatic rings. The van der Waals surface area contributed by atoms with Gasteiger partial charge in [-0.15, -0.1) is 0 Å². The molecule has 0 unspecified atom stereocenters. The van der Waals surface area contributed by atoms with Gasteiger partial charge in [-0.3, -0.25) is 9.59 Å². The average Bonchev–Trinajstić information content (AvgIpc) is 3.01. The molecule has 22 heavy (non-hydrogen) atoms. The smallest absolute Gasteiger partial charge is 0.253 e. The van der Waals surface area contributed by atoms with Crippen LogP contribution < -0.4 is 21.5 Å². The van der Waals surface area contributed by atoms with E-state index in [-0.39, 0.29) is 0 Å². The standard InChI is InChI=1S/C15H23N5O2/c1-19(2)8-3-5-17-12-13(15(22)14(12)21)18-6-4-9-20-10-7-16-11-20/h7,10-11,17-18H,3-6,8-9H2,1-2H3. The van der Waals surface area contributed by atoms with E-state index in [0.29, 0.717) is 24.5 Å². The lowest BCUT2D eigenvalue weighted by Gasteiger charge is -2.15. The van der Waals surface area contributed by atoms with E-state index in [1.807, 2.05) is 24.9 Å².